The van der Waals surface area contributed by atoms with Crippen LogP contribution in [0, 0.1) is 5.41 Å². The van der Waals surface area contributed by atoms with Gasteiger partial charge in [0.15, 0.2) is 0 Å². The highest BCUT2D eigenvalue weighted by atomic mass is 15.1. The van der Waals surface area contributed by atoms with Crippen LogP contribution < -0.4 is 4.90 Å². The Morgan fingerprint density at radius 3 is 1.62 bits per heavy atom. The molecule has 0 unspecified atom stereocenters. The largest absolute Gasteiger partial charge is 0.314 e. The number of nitrogens with zero attached hydrogens (tertiary/aromatic N) is 1. The second-order valence-corrected chi connectivity index (χ2v) is 9.57. The Bertz CT molecular complexity index is 825. The zero-order valence-electron chi connectivity index (χ0n) is 19.7. The molecule has 1 aliphatic rings. The Hall–Kier alpha value is -2.28. The molecular weight excluding hydrogens is 350 g/mol. The Balaban J connectivity index is 0.00000145. The summed E-state index contributed by atoms with van der Waals surface area (Å²) in [6, 6.07) is 19.8. The van der Waals surface area contributed by atoms with E-state index in [1.807, 2.05) is 13.8 Å². The second kappa shape index (κ2) is 9.48. The molecule has 0 N–H and O–H groups in total. The monoisotopic (exact) mass is 389 g/mol. The second-order valence-electron chi connectivity index (χ2n) is 9.57. The molecule has 0 heterocycles. The molecule has 29 heavy (non-hydrogen) atoms. The van der Waals surface area contributed by atoms with Gasteiger partial charge in [0, 0.05) is 17.1 Å². The van der Waals surface area contributed by atoms with Crippen LogP contribution in [0.1, 0.15) is 73.8 Å². The molecule has 3 rings (SSSR count). The Morgan fingerprint density at radius 2 is 1.17 bits per heavy atom. The molecule has 0 radical (unpaired) electrons. The number of hydrogen-bond donors (Lipinski definition) is 0. The normalized spacial score (nSPS) is 14.3. The van der Waals surface area contributed by atoms with Crippen LogP contribution in [0.15, 0.2) is 78.0 Å². The fourth-order valence-corrected chi connectivity index (χ4v) is 3.61. The lowest BCUT2D eigenvalue weighted by atomic mass is 9.81. The fourth-order valence-electron chi connectivity index (χ4n) is 3.61. The number of anilines is 2. The SMILES string of the molecule is CC.CC(C)(C)C1=CC=C(N(c2ccccc2)c2ccc(C(C)(C)C)cc2)CC1. The van der Waals surface area contributed by atoms with Crippen molar-refractivity contribution in [1.29, 1.82) is 0 Å². The van der Waals surface area contributed by atoms with Crippen LogP contribution in [0.2, 0.25) is 0 Å². The summed E-state index contributed by atoms with van der Waals surface area (Å²) in [5, 5.41) is 0. The van der Waals surface area contributed by atoms with E-state index >= 15 is 0 Å². The molecule has 0 saturated heterocycles. The van der Waals surface area contributed by atoms with E-state index < -0.39 is 0 Å². The van der Waals surface area contributed by atoms with Crippen LogP contribution in [0.5, 0.6) is 0 Å². The highest BCUT2D eigenvalue weighted by Crippen LogP contribution is 2.38. The van der Waals surface area contributed by atoms with Gasteiger partial charge < -0.3 is 4.90 Å². The number of allylic oxidation sites excluding steroid dienone is 4. The maximum Gasteiger partial charge on any atom is 0.0458 e. The predicted molar refractivity (Wildman–Crippen MR) is 130 cm³/mol. The van der Waals surface area contributed by atoms with Gasteiger partial charge in [-0.05, 0) is 59.6 Å². The molecule has 0 aromatic heterocycles. The minimum Gasteiger partial charge on any atom is -0.314 e. The van der Waals surface area contributed by atoms with Gasteiger partial charge in [-0.3, -0.25) is 0 Å². The summed E-state index contributed by atoms with van der Waals surface area (Å²) < 4.78 is 0. The topological polar surface area (TPSA) is 3.24 Å². The summed E-state index contributed by atoms with van der Waals surface area (Å²) in [4.78, 5) is 2.41. The molecule has 1 heteroatoms. The molecule has 0 aliphatic heterocycles. The molecule has 0 saturated carbocycles. The first-order valence-corrected chi connectivity index (χ1v) is 11.0. The minimum atomic E-state index is 0.171. The van der Waals surface area contributed by atoms with Crippen molar-refractivity contribution in [3.63, 3.8) is 0 Å². The Morgan fingerprint density at radius 1 is 0.621 bits per heavy atom. The van der Waals surface area contributed by atoms with Crippen molar-refractivity contribution in [2.75, 3.05) is 4.90 Å². The average Bonchev–Trinajstić information content (AvgIpc) is 2.70. The van der Waals surface area contributed by atoms with E-state index in [-0.39, 0.29) is 10.8 Å². The molecule has 0 fully saturated rings. The quantitative estimate of drug-likeness (QED) is 0.507. The number of hydrogen-bond acceptors (Lipinski definition) is 1. The fraction of sp³-hybridized carbons (Fsp3) is 0.429. The van der Waals surface area contributed by atoms with E-state index in [0.29, 0.717) is 0 Å². The van der Waals surface area contributed by atoms with Crippen LogP contribution in [0.25, 0.3) is 0 Å². The number of para-hydroxylation sites is 1. The van der Waals surface area contributed by atoms with Crippen molar-refractivity contribution in [1.82, 2.24) is 0 Å². The van der Waals surface area contributed by atoms with E-state index in [9.17, 15) is 0 Å². The highest BCUT2D eigenvalue weighted by Gasteiger charge is 2.23. The maximum atomic E-state index is 2.41. The Labute approximate surface area is 179 Å². The lowest BCUT2D eigenvalue weighted by molar-refractivity contribution is 0.479. The number of benzene rings is 2. The molecular formula is C28H39N. The molecule has 2 aromatic carbocycles. The molecule has 1 nitrogen and oxygen atoms in total. The predicted octanol–water partition coefficient (Wildman–Crippen LogP) is 8.80. The zero-order valence-corrected chi connectivity index (χ0v) is 19.7. The van der Waals surface area contributed by atoms with Gasteiger partial charge in [0.1, 0.15) is 0 Å². The van der Waals surface area contributed by atoms with Crippen LogP contribution in [-0.4, -0.2) is 0 Å². The van der Waals surface area contributed by atoms with Gasteiger partial charge in [0.05, 0.1) is 0 Å². The van der Waals surface area contributed by atoms with E-state index in [0.717, 1.165) is 12.8 Å². The van der Waals surface area contributed by atoms with Crippen molar-refractivity contribution in [3.8, 4) is 0 Å². The van der Waals surface area contributed by atoms with Crippen molar-refractivity contribution in [2.45, 2.75) is 73.6 Å². The first-order valence-electron chi connectivity index (χ1n) is 11.0. The third kappa shape index (κ3) is 5.85. The summed E-state index contributed by atoms with van der Waals surface area (Å²) in [5.41, 5.74) is 7.12. The van der Waals surface area contributed by atoms with Crippen LogP contribution in [-0.2, 0) is 5.41 Å². The Kier molecular flexibility index (Phi) is 7.52. The van der Waals surface area contributed by atoms with Gasteiger partial charge in [0.2, 0.25) is 0 Å². The molecule has 0 bridgehead atoms. The van der Waals surface area contributed by atoms with Crippen LogP contribution in [0.3, 0.4) is 0 Å². The van der Waals surface area contributed by atoms with E-state index in [2.05, 4.69) is 113 Å². The number of rotatable bonds is 3. The van der Waals surface area contributed by atoms with Crippen molar-refractivity contribution in [2.24, 2.45) is 5.41 Å². The first-order chi connectivity index (χ1) is 13.7. The molecule has 0 spiro atoms. The molecule has 156 valence electrons. The summed E-state index contributed by atoms with van der Waals surface area (Å²) in [6.45, 7) is 17.7. The standard InChI is InChI=1S/C26H33N.C2H6/c1-25(2,3)20-12-16-23(17-13-20)27(22-10-8-7-9-11-22)24-18-14-21(15-19-24)26(4,5)6;1-2/h7-14,16-18H,15,19H2,1-6H3;1-2H3. The van der Waals surface area contributed by atoms with Crippen molar-refractivity contribution in [3.05, 3.63) is 83.6 Å². The summed E-state index contributed by atoms with van der Waals surface area (Å²) >= 11 is 0. The van der Waals surface area contributed by atoms with Gasteiger partial charge >= 0.3 is 0 Å². The van der Waals surface area contributed by atoms with Gasteiger partial charge in [0.25, 0.3) is 0 Å². The van der Waals surface area contributed by atoms with Crippen molar-refractivity contribution < 1.29 is 0 Å². The summed E-state index contributed by atoms with van der Waals surface area (Å²) in [6.07, 6.45) is 6.84. The molecule has 0 atom stereocenters. The minimum absolute atomic E-state index is 0.171. The van der Waals surface area contributed by atoms with E-state index in [1.165, 1.54) is 28.2 Å². The van der Waals surface area contributed by atoms with Gasteiger partial charge in [-0.15, -0.1) is 0 Å². The lowest BCUT2D eigenvalue weighted by Gasteiger charge is -2.32. The first kappa shape index (κ1) is 23.0. The summed E-state index contributed by atoms with van der Waals surface area (Å²) in [5.74, 6) is 0. The molecule has 2 aromatic rings. The molecule has 1 aliphatic carbocycles. The highest BCUT2D eigenvalue weighted by molar-refractivity contribution is 5.69. The summed E-state index contributed by atoms with van der Waals surface area (Å²) in [7, 11) is 0. The molecule has 0 amide bonds. The zero-order chi connectivity index (χ0) is 21.7. The van der Waals surface area contributed by atoms with Crippen LogP contribution in [0.4, 0.5) is 11.4 Å². The van der Waals surface area contributed by atoms with Gasteiger partial charge in [-0.2, -0.15) is 0 Å². The smallest absolute Gasteiger partial charge is 0.0458 e. The van der Waals surface area contributed by atoms with Crippen LogP contribution >= 0.6 is 0 Å². The van der Waals surface area contributed by atoms with E-state index in [4.69, 9.17) is 0 Å². The van der Waals surface area contributed by atoms with Gasteiger partial charge in [-0.25, -0.2) is 0 Å². The average molecular weight is 390 g/mol. The maximum absolute atomic E-state index is 2.41. The third-order valence-corrected chi connectivity index (χ3v) is 5.38. The van der Waals surface area contributed by atoms with Crippen molar-refractivity contribution >= 4 is 11.4 Å². The lowest BCUT2D eigenvalue weighted by Crippen LogP contribution is -2.20. The van der Waals surface area contributed by atoms with E-state index in [1.54, 1.807) is 0 Å². The third-order valence-electron chi connectivity index (χ3n) is 5.38. The van der Waals surface area contributed by atoms with Gasteiger partial charge in [-0.1, -0.05) is 97.4 Å².